The molecule has 1 aliphatic carbocycles. The SMILES string of the molecule is CC(C)(C)OC(=O)N[C@@H]1CCC[C@H]1CNc1ncccn1. The van der Waals surface area contributed by atoms with Crippen molar-refractivity contribution in [2.75, 3.05) is 11.9 Å². The van der Waals surface area contributed by atoms with Gasteiger partial charge in [-0.1, -0.05) is 6.42 Å². The molecular formula is C15H24N4O2. The van der Waals surface area contributed by atoms with Crippen molar-refractivity contribution in [2.24, 2.45) is 5.92 Å². The molecular weight excluding hydrogens is 268 g/mol. The molecule has 0 aromatic carbocycles. The zero-order valence-corrected chi connectivity index (χ0v) is 12.9. The van der Waals surface area contributed by atoms with Crippen LogP contribution in [-0.2, 0) is 4.74 Å². The van der Waals surface area contributed by atoms with Crippen LogP contribution in [0.25, 0.3) is 0 Å². The number of rotatable bonds is 4. The van der Waals surface area contributed by atoms with Gasteiger partial charge in [-0.2, -0.15) is 0 Å². The number of alkyl carbamates (subject to hydrolysis) is 1. The van der Waals surface area contributed by atoms with Crippen molar-refractivity contribution in [3.05, 3.63) is 18.5 Å². The normalized spacial score (nSPS) is 21.9. The zero-order valence-electron chi connectivity index (χ0n) is 12.9. The molecule has 0 spiro atoms. The van der Waals surface area contributed by atoms with E-state index >= 15 is 0 Å². The molecule has 1 heterocycles. The first-order valence-electron chi connectivity index (χ1n) is 7.44. The van der Waals surface area contributed by atoms with E-state index in [1.165, 1.54) is 0 Å². The van der Waals surface area contributed by atoms with Crippen molar-refractivity contribution in [3.63, 3.8) is 0 Å². The maximum atomic E-state index is 11.9. The lowest BCUT2D eigenvalue weighted by molar-refractivity contribution is 0.0494. The van der Waals surface area contributed by atoms with Gasteiger partial charge in [-0.3, -0.25) is 0 Å². The van der Waals surface area contributed by atoms with Crippen molar-refractivity contribution in [1.82, 2.24) is 15.3 Å². The van der Waals surface area contributed by atoms with Crippen LogP contribution in [0.3, 0.4) is 0 Å². The van der Waals surface area contributed by atoms with Crippen LogP contribution < -0.4 is 10.6 Å². The Morgan fingerprint density at radius 1 is 1.33 bits per heavy atom. The number of amides is 1. The van der Waals surface area contributed by atoms with E-state index in [9.17, 15) is 4.79 Å². The summed E-state index contributed by atoms with van der Waals surface area (Å²) in [5.74, 6) is 1.00. The van der Waals surface area contributed by atoms with Gasteiger partial charge in [0.1, 0.15) is 5.60 Å². The number of ether oxygens (including phenoxy) is 1. The predicted molar refractivity (Wildman–Crippen MR) is 81.0 cm³/mol. The van der Waals surface area contributed by atoms with Gasteiger partial charge in [-0.15, -0.1) is 0 Å². The van der Waals surface area contributed by atoms with Gasteiger partial charge >= 0.3 is 6.09 Å². The van der Waals surface area contributed by atoms with E-state index < -0.39 is 5.60 Å². The predicted octanol–water partition coefficient (Wildman–Crippen LogP) is 2.58. The van der Waals surface area contributed by atoms with Gasteiger partial charge < -0.3 is 15.4 Å². The smallest absolute Gasteiger partial charge is 0.407 e. The minimum Gasteiger partial charge on any atom is -0.444 e. The summed E-state index contributed by atoms with van der Waals surface area (Å²) in [5, 5.41) is 6.20. The molecule has 1 aliphatic rings. The largest absolute Gasteiger partial charge is 0.444 e. The van der Waals surface area contributed by atoms with Crippen LogP contribution in [0.15, 0.2) is 18.5 Å². The highest BCUT2D eigenvalue weighted by Gasteiger charge is 2.30. The molecule has 21 heavy (non-hydrogen) atoms. The van der Waals surface area contributed by atoms with E-state index in [1.54, 1.807) is 18.5 Å². The second-order valence-corrected chi connectivity index (χ2v) is 6.40. The molecule has 1 saturated carbocycles. The highest BCUT2D eigenvalue weighted by atomic mass is 16.6. The Morgan fingerprint density at radius 3 is 2.71 bits per heavy atom. The van der Waals surface area contributed by atoms with Gasteiger partial charge in [0.25, 0.3) is 0 Å². The van der Waals surface area contributed by atoms with Crippen LogP contribution in [0.5, 0.6) is 0 Å². The summed E-state index contributed by atoms with van der Waals surface area (Å²) in [5.41, 5.74) is -0.464. The fourth-order valence-corrected chi connectivity index (χ4v) is 2.54. The third kappa shape index (κ3) is 5.21. The van der Waals surface area contributed by atoms with Crippen molar-refractivity contribution in [2.45, 2.75) is 51.7 Å². The van der Waals surface area contributed by atoms with Crippen LogP contribution in [0.1, 0.15) is 40.0 Å². The summed E-state index contributed by atoms with van der Waals surface area (Å²) < 4.78 is 5.32. The number of nitrogens with one attached hydrogen (secondary N) is 2. The van der Waals surface area contributed by atoms with Crippen molar-refractivity contribution in [1.29, 1.82) is 0 Å². The first-order valence-corrected chi connectivity index (χ1v) is 7.44. The summed E-state index contributed by atoms with van der Waals surface area (Å²) in [6.07, 6.45) is 6.26. The summed E-state index contributed by atoms with van der Waals surface area (Å²) in [4.78, 5) is 20.1. The van der Waals surface area contributed by atoms with Gasteiger partial charge in [0, 0.05) is 25.0 Å². The lowest BCUT2D eigenvalue weighted by Gasteiger charge is -2.25. The number of hydrogen-bond acceptors (Lipinski definition) is 5. The van der Waals surface area contributed by atoms with Crippen LogP contribution >= 0.6 is 0 Å². The molecule has 116 valence electrons. The summed E-state index contributed by atoms with van der Waals surface area (Å²) >= 11 is 0. The average Bonchev–Trinajstić information content (AvgIpc) is 2.82. The van der Waals surface area contributed by atoms with Crippen LogP contribution in [0.4, 0.5) is 10.7 Å². The Labute approximate surface area is 125 Å². The van der Waals surface area contributed by atoms with Gasteiger partial charge in [0.05, 0.1) is 0 Å². The fraction of sp³-hybridized carbons (Fsp3) is 0.667. The Kier molecular flexibility index (Phi) is 4.98. The molecule has 1 fully saturated rings. The quantitative estimate of drug-likeness (QED) is 0.892. The van der Waals surface area contributed by atoms with Gasteiger partial charge in [-0.05, 0) is 45.6 Å². The second-order valence-electron chi connectivity index (χ2n) is 6.40. The van der Waals surface area contributed by atoms with E-state index in [0.29, 0.717) is 11.9 Å². The summed E-state index contributed by atoms with van der Waals surface area (Å²) in [7, 11) is 0. The van der Waals surface area contributed by atoms with Crippen molar-refractivity contribution >= 4 is 12.0 Å². The van der Waals surface area contributed by atoms with Crippen LogP contribution in [-0.4, -0.2) is 34.2 Å². The number of aromatic nitrogens is 2. The monoisotopic (exact) mass is 292 g/mol. The highest BCUT2D eigenvalue weighted by Crippen LogP contribution is 2.26. The first kappa shape index (κ1) is 15.5. The molecule has 6 heteroatoms. The number of hydrogen-bond donors (Lipinski definition) is 2. The molecule has 0 bridgehead atoms. The summed E-state index contributed by atoms with van der Waals surface area (Å²) in [6, 6.07) is 1.93. The Morgan fingerprint density at radius 2 is 2.05 bits per heavy atom. The van der Waals surface area contributed by atoms with Gasteiger partial charge in [0.2, 0.25) is 5.95 Å². The number of carbonyl (C=O) groups excluding carboxylic acids is 1. The lowest BCUT2D eigenvalue weighted by Crippen LogP contribution is -2.42. The van der Waals surface area contributed by atoms with E-state index in [0.717, 1.165) is 25.8 Å². The second kappa shape index (κ2) is 6.74. The molecule has 1 aromatic heterocycles. The van der Waals surface area contributed by atoms with E-state index in [1.807, 2.05) is 20.8 Å². The zero-order chi connectivity index (χ0) is 15.3. The standard InChI is InChI=1S/C15H24N4O2/c1-15(2,3)21-14(20)19-12-7-4-6-11(12)10-18-13-16-8-5-9-17-13/h5,8-9,11-12H,4,6-7,10H2,1-3H3,(H,19,20)(H,16,17,18)/t11-,12+/m0/s1. The maximum absolute atomic E-state index is 11.9. The minimum atomic E-state index is -0.464. The third-order valence-corrected chi connectivity index (χ3v) is 3.45. The van der Waals surface area contributed by atoms with E-state index in [2.05, 4.69) is 20.6 Å². The Balaban J connectivity index is 1.81. The number of nitrogens with zero attached hydrogens (tertiary/aromatic N) is 2. The van der Waals surface area contributed by atoms with Crippen LogP contribution in [0.2, 0.25) is 0 Å². The lowest BCUT2D eigenvalue weighted by atomic mass is 10.0. The van der Waals surface area contributed by atoms with Crippen molar-refractivity contribution in [3.8, 4) is 0 Å². The molecule has 2 rings (SSSR count). The van der Waals surface area contributed by atoms with Gasteiger partial charge in [0.15, 0.2) is 0 Å². The Hall–Kier alpha value is -1.85. The topological polar surface area (TPSA) is 76.1 Å². The third-order valence-electron chi connectivity index (χ3n) is 3.45. The molecule has 0 saturated heterocycles. The molecule has 1 aromatic rings. The Bertz CT molecular complexity index is 458. The highest BCUT2D eigenvalue weighted by molar-refractivity contribution is 5.68. The summed E-state index contributed by atoms with van der Waals surface area (Å²) in [6.45, 7) is 6.36. The first-order chi connectivity index (χ1) is 9.94. The number of anilines is 1. The van der Waals surface area contributed by atoms with Crippen LogP contribution in [0, 0.1) is 5.92 Å². The van der Waals surface area contributed by atoms with E-state index in [-0.39, 0.29) is 12.1 Å². The number of carbonyl (C=O) groups is 1. The van der Waals surface area contributed by atoms with Gasteiger partial charge in [-0.25, -0.2) is 14.8 Å². The fourth-order valence-electron chi connectivity index (χ4n) is 2.54. The molecule has 1 amide bonds. The minimum absolute atomic E-state index is 0.149. The maximum Gasteiger partial charge on any atom is 0.407 e. The molecule has 0 unspecified atom stereocenters. The molecule has 0 aliphatic heterocycles. The molecule has 6 nitrogen and oxygen atoms in total. The molecule has 2 atom stereocenters. The molecule has 0 radical (unpaired) electrons. The average molecular weight is 292 g/mol. The molecule has 2 N–H and O–H groups in total. The van der Waals surface area contributed by atoms with E-state index in [4.69, 9.17) is 4.74 Å². The van der Waals surface area contributed by atoms with Crippen molar-refractivity contribution < 1.29 is 9.53 Å².